The summed E-state index contributed by atoms with van der Waals surface area (Å²) >= 11 is 6.05. The molecule has 18 heavy (non-hydrogen) atoms. The summed E-state index contributed by atoms with van der Waals surface area (Å²) in [6.45, 7) is 4.81. The Kier molecular flexibility index (Phi) is 5.99. The number of ether oxygens (including phenoxy) is 1. The number of benzene rings is 1. The van der Waals surface area contributed by atoms with Gasteiger partial charge >= 0.3 is 6.09 Å². The van der Waals surface area contributed by atoms with Crippen LogP contribution < -0.4 is 5.32 Å². The summed E-state index contributed by atoms with van der Waals surface area (Å²) in [6.07, 6.45) is 1.32. The molecule has 0 fully saturated rings. The molecule has 1 aromatic carbocycles. The van der Waals surface area contributed by atoms with Crippen LogP contribution in [0.25, 0.3) is 0 Å². The van der Waals surface area contributed by atoms with Gasteiger partial charge in [0.25, 0.3) is 0 Å². The van der Waals surface area contributed by atoms with Gasteiger partial charge in [0.05, 0.1) is 0 Å². The van der Waals surface area contributed by atoms with Crippen LogP contribution in [0.1, 0.15) is 32.3 Å². The van der Waals surface area contributed by atoms with Crippen molar-refractivity contribution in [1.82, 2.24) is 5.32 Å². The maximum absolute atomic E-state index is 11.4. The topological polar surface area (TPSA) is 38.3 Å². The Morgan fingerprint density at radius 1 is 1.33 bits per heavy atom. The van der Waals surface area contributed by atoms with Gasteiger partial charge in [-0.2, -0.15) is 0 Å². The van der Waals surface area contributed by atoms with Crippen LogP contribution in [0.3, 0.4) is 0 Å². The van der Waals surface area contributed by atoms with E-state index in [1.165, 1.54) is 0 Å². The van der Waals surface area contributed by atoms with Crippen molar-refractivity contribution in [3.63, 3.8) is 0 Å². The van der Waals surface area contributed by atoms with E-state index in [9.17, 15) is 4.79 Å². The van der Waals surface area contributed by atoms with E-state index in [-0.39, 0.29) is 11.0 Å². The standard InChI is InChI=1S/C14H20ClNO2/c1-14(2,15)9-6-10-16-13(17)18-11-12-7-4-3-5-8-12/h3-5,7-8H,6,9-11H2,1-2H3,(H,16,17). The second-order valence-electron chi connectivity index (χ2n) is 4.81. The van der Waals surface area contributed by atoms with Gasteiger partial charge in [0.2, 0.25) is 0 Å². The minimum atomic E-state index is -0.383. The number of hydrogen-bond acceptors (Lipinski definition) is 2. The van der Waals surface area contributed by atoms with Gasteiger partial charge in [-0.1, -0.05) is 30.3 Å². The third-order valence-corrected chi connectivity index (χ3v) is 2.62. The molecule has 0 atom stereocenters. The number of alkyl halides is 1. The first-order valence-electron chi connectivity index (χ1n) is 6.11. The van der Waals surface area contributed by atoms with Gasteiger partial charge in [0.15, 0.2) is 0 Å². The Hall–Kier alpha value is -1.22. The molecule has 1 amide bonds. The van der Waals surface area contributed by atoms with Crippen molar-refractivity contribution in [3.05, 3.63) is 35.9 Å². The minimum absolute atomic E-state index is 0.213. The molecular formula is C14H20ClNO2. The van der Waals surface area contributed by atoms with Crippen LogP contribution in [0.5, 0.6) is 0 Å². The number of carbonyl (C=O) groups is 1. The molecule has 0 bridgehead atoms. The van der Waals surface area contributed by atoms with E-state index < -0.39 is 0 Å². The predicted octanol–water partition coefficient (Wildman–Crippen LogP) is 3.71. The van der Waals surface area contributed by atoms with E-state index in [2.05, 4.69) is 5.32 Å². The van der Waals surface area contributed by atoms with Crippen LogP contribution in [-0.4, -0.2) is 17.5 Å². The van der Waals surface area contributed by atoms with E-state index >= 15 is 0 Å². The fraction of sp³-hybridized carbons (Fsp3) is 0.500. The van der Waals surface area contributed by atoms with Crippen LogP contribution in [0.15, 0.2) is 30.3 Å². The first kappa shape index (κ1) is 14.8. The van der Waals surface area contributed by atoms with E-state index in [0.29, 0.717) is 13.2 Å². The van der Waals surface area contributed by atoms with Gasteiger partial charge in [-0.05, 0) is 32.3 Å². The fourth-order valence-corrected chi connectivity index (χ4v) is 1.61. The van der Waals surface area contributed by atoms with Gasteiger partial charge in [0, 0.05) is 11.4 Å². The summed E-state index contributed by atoms with van der Waals surface area (Å²) in [7, 11) is 0. The zero-order valence-electron chi connectivity index (χ0n) is 10.9. The highest BCUT2D eigenvalue weighted by Gasteiger charge is 2.12. The van der Waals surface area contributed by atoms with Crippen LogP contribution >= 0.6 is 11.6 Å². The number of amides is 1. The zero-order chi connectivity index (χ0) is 13.4. The third kappa shape index (κ3) is 7.17. The Labute approximate surface area is 113 Å². The number of alkyl carbamates (subject to hydrolysis) is 1. The molecule has 3 nitrogen and oxygen atoms in total. The maximum Gasteiger partial charge on any atom is 0.407 e. The molecular weight excluding hydrogens is 250 g/mol. The van der Waals surface area contributed by atoms with Gasteiger partial charge in [0.1, 0.15) is 6.61 Å². The molecule has 0 heterocycles. The highest BCUT2D eigenvalue weighted by atomic mass is 35.5. The number of nitrogens with one attached hydrogen (secondary N) is 1. The number of hydrogen-bond donors (Lipinski definition) is 1. The fourth-order valence-electron chi connectivity index (χ4n) is 1.47. The summed E-state index contributed by atoms with van der Waals surface area (Å²) in [5.74, 6) is 0. The quantitative estimate of drug-likeness (QED) is 0.632. The molecule has 0 aromatic heterocycles. The zero-order valence-corrected chi connectivity index (χ0v) is 11.7. The highest BCUT2D eigenvalue weighted by Crippen LogP contribution is 2.18. The van der Waals surface area contributed by atoms with Crippen molar-refractivity contribution >= 4 is 17.7 Å². The molecule has 0 radical (unpaired) electrons. The molecule has 1 rings (SSSR count). The van der Waals surface area contributed by atoms with E-state index in [4.69, 9.17) is 16.3 Å². The molecule has 0 spiro atoms. The maximum atomic E-state index is 11.4. The molecule has 0 aliphatic carbocycles. The lowest BCUT2D eigenvalue weighted by Crippen LogP contribution is -2.26. The van der Waals surface area contributed by atoms with Crippen molar-refractivity contribution in [1.29, 1.82) is 0 Å². The first-order valence-corrected chi connectivity index (χ1v) is 6.49. The summed E-state index contributed by atoms with van der Waals surface area (Å²) < 4.78 is 5.08. The summed E-state index contributed by atoms with van der Waals surface area (Å²) in [4.78, 5) is 11.2. The number of carbonyl (C=O) groups excluding carboxylic acids is 1. The average Bonchev–Trinajstić information content (AvgIpc) is 2.32. The molecule has 0 saturated heterocycles. The average molecular weight is 270 g/mol. The van der Waals surface area contributed by atoms with Crippen molar-refractivity contribution in [2.75, 3.05) is 6.54 Å². The second kappa shape index (κ2) is 7.27. The monoisotopic (exact) mass is 269 g/mol. The van der Waals surface area contributed by atoms with Crippen molar-refractivity contribution < 1.29 is 9.53 Å². The summed E-state index contributed by atoms with van der Waals surface area (Å²) in [5.41, 5.74) is 0.981. The molecule has 0 aliphatic heterocycles. The smallest absolute Gasteiger partial charge is 0.407 e. The summed E-state index contributed by atoms with van der Waals surface area (Å²) in [6, 6.07) is 9.60. The second-order valence-corrected chi connectivity index (χ2v) is 5.83. The van der Waals surface area contributed by atoms with Crippen molar-refractivity contribution in [2.45, 2.75) is 38.2 Å². The van der Waals surface area contributed by atoms with Crippen LogP contribution in [-0.2, 0) is 11.3 Å². The van der Waals surface area contributed by atoms with Crippen LogP contribution in [0.2, 0.25) is 0 Å². The molecule has 4 heteroatoms. The first-order chi connectivity index (χ1) is 8.47. The summed E-state index contributed by atoms with van der Waals surface area (Å²) in [5, 5.41) is 2.71. The van der Waals surface area contributed by atoms with E-state index in [1.807, 2.05) is 44.2 Å². The number of halogens is 1. The Bertz CT molecular complexity index is 360. The largest absolute Gasteiger partial charge is 0.445 e. The lowest BCUT2D eigenvalue weighted by atomic mass is 10.1. The molecule has 1 N–H and O–H groups in total. The van der Waals surface area contributed by atoms with Crippen molar-refractivity contribution in [2.24, 2.45) is 0 Å². The Balaban J connectivity index is 2.11. The van der Waals surface area contributed by atoms with Crippen LogP contribution in [0, 0.1) is 0 Å². The molecule has 1 aromatic rings. The predicted molar refractivity (Wildman–Crippen MR) is 73.8 cm³/mol. The number of rotatable bonds is 6. The highest BCUT2D eigenvalue weighted by molar-refractivity contribution is 6.23. The lowest BCUT2D eigenvalue weighted by molar-refractivity contribution is 0.139. The van der Waals surface area contributed by atoms with E-state index in [0.717, 1.165) is 18.4 Å². The van der Waals surface area contributed by atoms with Gasteiger partial charge in [-0.3, -0.25) is 0 Å². The van der Waals surface area contributed by atoms with Gasteiger partial charge < -0.3 is 10.1 Å². The Morgan fingerprint density at radius 2 is 2.00 bits per heavy atom. The van der Waals surface area contributed by atoms with Gasteiger partial charge in [-0.15, -0.1) is 11.6 Å². The third-order valence-electron chi connectivity index (χ3n) is 2.43. The minimum Gasteiger partial charge on any atom is -0.445 e. The van der Waals surface area contributed by atoms with Crippen molar-refractivity contribution in [3.8, 4) is 0 Å². The Morgan fingerprint density at radius 3 is 2.61 bits per heavy atom. The molecule has 0 saturated carbocycles. The lowest BCUT2D eigenvalue weighted by Gasteiger charge is -2.15. The molecule has 0 unspecified atom stereocenters. The SMILES string of the molecule is CC(C)(Cl)CCCNC(=O)OCc1ccccc1. The molecule has 100 valence electrons. The van der Waals surface area contributed by atoms with Gasteiger partial charge in [-0.25, -0.2) is 4.79 Å². The normalized spacial score (nSPS) is 11.1. The molecule has 0 aliphatic rings. The van der Waals surface area contributed by atoms with E-state index in [1.54, 1.807) is 0 Å². The van der Waals surface area contributed by atoms with Crippen LogP contribution in [0.4, 0.5) is 4.79 Å².